The largest absolute Gasteiger partial charge is 0.462 e. The molecule has 4 rings (SSSR count). The lowest BCUT2D eigenvalue weighted by atomic mass is 9.88. The molecule has 0 radical (unpaired) electrons. The SMILES string of the molecule is Cc1ccc([C@@H]2O[C@H](COC(=O)C(C)(C)C)[C@@H](OC(=O)C(C)(C)C)[C@H](OC(=O)C(C)(C)C)[C@H]2O)cc1Cc1ccc(-c2ccc(F)cc2)s1. The van der Waals surface area contributed by atoms with Gasteiger partial charge in [0.2, 0.25) is 0 Å². The van der Waals surface area contributed by atoms with E-state index >= 15 is 0 Å². The van der Waals surface area contributed by atoms with Crippen LogP contribution in [-0.2, 0) is 39.8 Å². The molecule has 49 heavy (non-hydrogen) atoms. The molecule has 0 unspecified atom stereocenters. The Morgan fingerprint density at radius 3 is 1.94 bits per heavy atom. The first-order chi connectivity index (χ1) is 22.6. The first-order valence-corrected chi connectivity index (χ1v) is 17.3. The molecule has 1 aromatic heterocycles. The molecular formula is C39H49FO8S. The van der Waals surface area contributed by atoms with E-state index in [2.05, 4.69) is 0 Å². The van der Waals surface area contributed by atoms with Crippen molar-refractivity contribution in [1.82, 2.24) is 0 Å². The van der Waals surface area contributed by atoms with Gasteiger partial charge in [0.25, 0.3) is 0 Å². The van der Waals surface area contributed by atoms with E-state index in [9.17, 15) is 23.9 Å². The van der Waals surface area contributed by atoms with Gasteiger partial charge in [0, 0.05) is 16.2 Å². The molecule has 1 saturated heterocycles. The summed E-state index contributed by atoms with van der Waals surface area (Å²) in [5.74, 6) is -1.97. The first kappa shape index (κ1) is 38.2. The van der Waals surface area contributed by atoms with Crippen molar-refractivity contribution in [2.24, 2.45) is 16.2 Å². The molecular weight excluding hydrogens is 647 g/mol. The molecule has 1 fully saturated rings. The van der Waals surface area contributed by atoms with E-state index in [0.717, 1.165) is 26.4 Å². The maximum Gasteiger partial charge on any atom is 0.311 e. The fraction of sp³-hybridized carbons (Fsp3) is 0.513. The minimum Gasteiger partial charge on any atom is -0.462 e. The van der Waals surface area contributed by atoms with Gasteiger partial charge in [-0.2, -0.15) is 0 Å². The molecule has 0 spiro atoms. The Morgan fingerprint density at radius 2 is 1.37 bits per heavy atom. The standard InChI is InChI=1S/C39H49FO8S/c1-22-11-12-24(19-25(22)20-27-17-18-29(49-27)23-13-15-26(40)16-14-23)31-30(41)33(48-36(44)39(8,9)10)32(47-35(43)38(5,6)7)28(46-31)21-45-34(42)37(2,3)4/h11-19,28,30-33,41H,20-21H2,1-10H3/t28-,30+,31+,32-,33-/m1/s1. The Kier molecular flexibility index (Phi) is 11.5. The summed E-state index contributed by atoms with van der Waals surface area (Å²) in [5, 5.41) is 11.9. The number of rotatable bonds is 8. The van der Waals surface area contributed by atoms with Gasteiger partial charge in [0.15, 0.2) is 12.2 Å². The number of carbonyl (C=O) groups is 3. The Morgan fingerprint density at radius 1 is 0.796 bits per heavy atom. The number of halogens is 1. The summed E-state index contributed by atoms with van der Waals surface area (Å²) in [4.78, 5) is 41.4. The topological polar surface area (TPSA) is 108 Å². The van der Waals surface area contributed by atoms with E-state index in [0.29, 0.717) is 12.0 Å². The number of benzene rings is 2. The molecule has 0 amide bonds. The third-order valence-corrected chi connectivity index (χ3v) is 9.35. The number of thiophene rings is 1. The van der Waals surface area contributed by atoms with Crippen LogP contribution in [0.3, 0.4) is 0 Å². The molecule has 0 bridgehead atoms. The number of esters is 3. The molecule has 5 atom stereocenters. The van der Waals surface area contributed by atoms with Crippen LogP contribution in [0.2, 0.25) is 0 Å². The summed E-state index contributed by atoms with van der Waals surface area (Å²) in [7, 11) is 0. The predicted molar refractivity (Wildman–Crippen MR) is 186 cm³/mol. The molecule has 2 aromatic carbocycles. The maximum atomic E-state index is 13.5. The van der Waals surface area contributed by atoms with Crippen LogP contribution < -0.4 is 0 Å². The zero-order chi connectivity index (χ0) is 36.5. The molecule has 10 heteroatoms. The summed E-state index contributed by atoms with van der Waals surface area (Å²) < 4.78 is 37.5. The molecule has 266 valence electrons. The van der Waals surface area contributed by atoms with Crippen LogP contribution in [0, 0.1) is 29.0 Å². The van der Waals surface area contributed by atoms with E-state index in [1.165, 1.54) is 12.1 Å². The van der Waals surface area contributed by atoms with Gasteiger partial charge < -0.3 is 24.1 Å². The quantitative estimate of drug-likeness (QED) is 0.188. The smallest absolute Gasteiger partial charge is 0.311 e. The van der Waals surface area contributed by atoms with Crippen LogP contribution in [-0.4, -0.2) is 54.0 Å². The highest BCUT2D eigenvalue weighted by molar-refractivity contribution is 7.15. The zero-order valence-corrected chi connectivity index (χ0v) is 30.9. The molecule has 0 aliphatic carbocycles. The number of aryl methyl sites for hydroxylation is 1. The summed E-state index contributed by atoms with van der Waals surface area (Å²) in [5.41, 5.74) is 0.899. The summed E-state index contributed by atoms with van der Waals surface area (Å²) in [6.45, 7) is 17.0. The summed E-state index contributed by atoms with van der Waals surface area (Å²) in [6, 6.07) is 16.2. The number of hydrogen-bond acceptors (Lipinski definition) is 9. The average Bonchev–Trinajstić information content (AvgIpc) is 3.46. The van der Waals surface area contributed by atoms with E-state index < -0.39 is 64.7 Å². The summed E-state index contributed by atoms with van der Waals surface area (Å²) in [6.07, 6.45) is -5.51. The fourth-order valence-corrected chi connectivity index (χ4v) is 6.11. The average molecular weight is 697 g/mol. The van der Waals surface area contributed by atoms with Gasteiger partial charge in [-0.25, -0.2) is 4.39 Å². The summed E-state index contributed by atoms with van der Waals surface area (Å²) >= 11 is 1.61. The van der Waals surface area contributed by atoms with Crippen LogP contribution in [0.5, 0.6) is 0 Å². The molecule has 3 aromatic rings. The number of hydrogen-bond donors (Lipinski definition) is 1. The van der Waals surface area contributed by atoms with E-state index in [1.54, 1.807) is 85.8 Å². The van der Waals surface area contributed by atoms with Gasteiger partial charge in [0.05, 0.1) is 16.2 Å². The predicted octanol–water partition coefficient (Wildman–Crippen LogP) is 7.76. The van der Waals surface area contributed by atoms with Crippen molar-refractivity contribution in [3.63, 3.8) is 0 Å². The van der Waals surface area contributed by atoms with Crippen molar-refractivity contribution in [1.29, 1.82) is 0 Å². The lowest BCUT2D eigenvalue weighted by Gasteiger charge is -2.45. The second-order valence-corrected chi connectivity index (χ2v) is 17.0. The third kappa shape index (κ3) is 9.55. The van der Waals surface area contributed by atoms with Crippen molar-refractivity contribution in [3.05, 3.63) is 82.0 Å². The van der Waals surface area contributed by atoms with E-state index in [1.807, 2.05) is 37.3 Å². The number of aliphatic hydroxyl groups is 1. The van der Waals surface area contributed by atoms with E-state index in [4.69, 9.17) is 18.9 Å². The van der Waals surface area contributed by atoms with Crippen molar-refractivity contribution >= 4 is 29.2 Å². The fourth-order valence-electron chi connectivity index (χ4n) is 5.08. The zero-order valence-electron chi connectivity index (χ0n) is 30.1. The van der Waals surface area contributed by atoms with Gasteiger partial charge in [-0.3, -0.25) is 14.4 Å². The highest BCUT2D eigenvalue weighted by atomic mass is 32.1. The number of ether oxygens (including phenoxy) is 4. The van der Waals surface area contributed by atoms with Crippen LogP contribution in [0.25, 0.3) is 10.4 Å². The van der Waals surface area contributed by atoms with Gasteiger partial charge in [0.1, 0.15) is 30.7 Å². The van der Waals surface area contributed by atoms with Crippen LogP contribution in [0.15, 0.2) is 54.6 Å². The minimum atomic E-state index is -1.43. The second-order valence-electron chi connectivity index (χ2n) is 15.8. The molecule has 2 heterocycles. The molecule has 1 N–H and O–H groups in total. The van der Waals surface area contributed by atoms with Crippen molar-refractivity contribution in [2.45, 2.75) is 106 Å². The van der Waals surface area contributed by atoms with Crippen LogP contribution >= 0.6 is 11.3 Å². The van der Waals surface area contributed by atoms with Crippen molar-refractivity contribution in [2.75, 3.05) is 6.61 Å². The van der Waals surface area contributed by atoms with Gasteiger partial charge in [-0.05, 0) is 116 Å². The number of aliphatic hydroxyl groups excluding tert-OH is 1. The number of carbonyl (C=O) groups excluding carboxylic acids is 3. The lowest BCUT2D eigenvalue weighted by molar-refractivity contribution is -0.255. The molecule has 0 saturated carbocycles. The minimum absolute atomic E-state index is 0.288. The normalized spacial score (nSPS) is 21.6. The van der Waals surface area contributed by atoms with Crippen LogP contribution in [0.4, 0.5) is 4.39 Å². The second kappa shape index (κ2) is 14.7. The van der Waals surface area contributed by atoms with Gasteiger partial charge in [-0.1, -0.05) is 30.3 Å². The first-order valence-electron chi connectivity index (χ1n) is 16.5. The maximum absolute atomic E-state index is 13.5. The Balaban J connectivity index is 1.70. The highest BCUT2D eigenvalue weighted by Gasteiger charge is 2.52. The Hall–Kier alpha value is -3.60. The van der Waals surface area contributed by atoms with Gasteiger partial charge in [-0.15, -0.1) is 11.3 Å². The van der Waals surface area contributed by atoms with Crippen LogP contribution in [0.1, 0.15) is 90.0 Å². The highest BCUT2D eigenvalue weighted by Crippen LogP contribution is 2.39. The molecule has 8 nitrogen and oxygen atoms in total. The molecule has 1 aliphatic rings. The monoisotopic (exact) mass is 696 g/mol. The Labute approximate surface area is 292 Å². The van der Waals surface area contributed by atoms with Gasteiger partial charge >= 0.3 is 17.9 Å². The third-order valence-electron chi connectivity index (χ3n) is 8.22. The van der Waals surface area contributed by atoms with Crippen molar-refractivity contribution < 1.29 is 42.8 Å². The van der Waals surface area contributed by atoms with E-state index in [-0.39, 0.29) is 12.4 Å². The molecule has 1 aliphatic heterocycles. The Bertz CT molecular complexity index is 1640. The lowest BCUT2D eigenvalue weighted by Crippen LogP contribution is -2.59. The van der Waals surface area contributed by atoms with Crippen molar-refractivity contribution in [3.8, 4) is 10.4 Å².